The van der Waals surface area contributed by atoms with Gasteiger partial charge in [-0.25, -0.2) is 10.4 Å². The first-order valence-corrected chi connectivity index (χ1v) is 12.9. The Morgan fingerprint density at radius 3 is 2.54 bits per heavy atom. The number of para-hydroxylation sites is 1. The van der Waals surface area contributed by atoms with Crippen molar-refractivity contribution >= 4 is 28.7 Å². The number of ether oxygens (including phenoxy) is 2. The molecule has 0 fully saturated rings. The van der Waals surface area contributed by atoms with Crippen molar-refractivity contribution in [1.82, 2.24) is 10.4 Å². The van der Waals surface area contributed by atoms with Crippen molar-refractivity contribution in [3.05, 3.63) is 130 Å². The molecule has 0 unspecified atom stereocenters. The van der Waals surface area contributed by atoms with Crippen molar-refractivity contribution in [3.8, 4) is 22.8 Å². The molecule has 1 N–H and O–H groups in total. The number of amides is 1. The van der Waals surface area contributed by atoms with Gasteiger partial charge in [-0.2, -0.15) is 5.10 Å². The van der Waals surface area contributed by atoms with E-state index in [1.807, 2.05) is 61.5 Å². The number of nitro groups is 1. The molecule has 0 aliphatic rings. The van der Waals surface area contributed by atoms with Gasteiger partial charge < -0.3 is 9.47 Å². The quantitative estimate of drug-likeness (QED) is 0.121. The molecule has 0 aliphatic carbocycles. The van der Waals surface area contributed by atoms with Crippen molar-refractivity contribution < 1.29 is 19.2 Å². The van der Waals surface area contributed by atoms with Crippen LogP contribution in [0.5, 0.6) is 11.5 Å². The monoisotopic (exact) mass is 546 g/mol. The van der Waals surface area contributed by atoms with E-state index in [9.17, 15) is 14.9 Å². The van der Waals surface area contributed by atoms with Gasteiger partial charge in [0.15, 0.2) is 11.5 Å². The highest BCUT2D eigenvalue weighted by molar-refractivity contribution is 6.07. The fourth-order valence-electron chi connectivity index (χ4n) is 4.26. The Hall–Kier alpha value is -5.57. The highest BCUT2D eigenvalue weighted by Crippen LogP contribution is 2.29. The van der Waals surface area contributed by atoms with E-state index in [0.717, 1.165) is 10.9 Å². The first-order chi connectivity index (χ1) is 20.0. The van der Waals surface area contributed by atoms with Crippen LogP contribution in [0.4, 0.5) is 5.69 Å². The summed E-state index contributed by atoms with van der Waals surface area (Å²) in [6.45, 7) is 2.40. The fourth-order valence-corrected chi connectivity index (χ4v) is 4.26. The molecule has 5 aromatic rings. The number of nitrogens with one attached hydrogen (secondary N) is 1. The Bertz CT molecular complexity index is 1740. The van der Waals surface area contributed by atoms with Crippen LogP contribution in [-0.2, 0) is 6.61 Å². The van der Waals surface area contributed by atoms with Crippen LogP contribution in [0.15, 0.2) is 108 Å². The molecule has 4 aromatic carbocycles. The number of hydrazone groups is 1. The van der Waals surface area contributed by atoms with Crippen molar-refractivity contribution in [1.29, 1.82) is 0 Å². The van der Waals surface area contributed by atoms with Gasteiger partial charge in [-0.3, -0.25) is 14.9 Å². The Morgan fingerprint density at radius 2 is 1.73 bits per heavy atom. The van der Waals surface area contributed by atoms with Gasteiger partial charge in [-0.15, -0.1) is 0 Å². The lowest BCUT2D eigenvalue weighted by molar-refractivity contribution is -0.384. The van der Waals surface area contributed by atoms with E-state index >= 15 is 0 Å². The van der Waals surface area contributed by atoms with E-state index in [0.29, 0.717) is 46.0 Å². The second kappa shape index (κ2) is 12.5. The molecule has 0 atom stereocenters. The number of nitro benzene ring substituents is 1. The third-order valence-electron chi connectivity index (χ3n) is 6.19. The average Bonchev–Trinajstić information content (AvgIpc) is 3.00. The number of nitrogens with zero attached hydrogens (tertiary/aromatic N) is 3. The summed E-state index contributed by atoms with van der Waals surface area (Å²) in [4.78, 5) is 28.5. The molecule has 0 saturated heterocycles. The number of hydrogen-bond acceptors (Lipinski definition) is 7. The number of pyridine rings is 1. The largest absolute Gasteiger partial charge is 0.490 e. The molecular formula is C32H26N4O5. The lowest BCUT2D eigenvalue weighted by Crippen LogP contribution is -2.18. The number of aromatic nitrogens is 1. The van der Waals surface area contributed by atoms with Gasteiger partial charge in [0, 0.05) is 23.1 Å². The minimum absolute atomic E-state index is 0.000733. The van der Waals surface area contributed by atoms with Crippen LogP contribution in [-0.4, -0.2) is 28.6 Å². The van der Waals surface area contributed by atoms with Crippen molar-refractivity contribution in [3.63, 3.8) is 0 Å². The summed E-state index contributed by atoms with van der Waals surface area (Å²) in [5.41, 5.74) is 6.75. The van der Waals surface area contributed by atoms with Crippen LogP contribution in [0.3, 0.4) is 0 Å². The molecule has 0 bridgehead atoms. The van der Waals surface area contributed by atoms with Crippen LogP contribution in [0.2, 0.25) is 0 Å². The zero-order valence-electron chi connectivity index (χ0n) is 22.2. The number of rotatable bonds is 10. The van der Waals surface area contributed by atoms with Crippen molar-refractivity contribution in [2.45, 2.75) is 13.5 Å². The average molecular weight is 547 g/mol. The van der Waals surface area contributed by atoms with E-state index in [1.54, 1.807) is 36.4 Å². The molecule has 204 valence electrons. The van der Waals surface area contributed by atoms with Gasteiger partial charge in [0.2, 0.25) is 0 Å². The molecule has 0 saturated carbocycles. The van der Waals surface area contributed by atoms with Gasteiger partial charge >= 0.3 is 0 Å². The number of carbonyl (C=O) groups is 1. The molecule has 1 aromatic heterocycles. The van der Waals surface area contributed by atoms with Crippen LogP contribution < -0.4 is 14.9 Å². The van der Waals surface area contributed by atoms with E-state index in [4.69, 9.17) is 14.5 Å². The smallest absolute Gasteiger partial charge is 0.272 e. The Kier molecular flexibility index (Phi) is 8.25. The molecular weight excluding hydrogens is 520 g/mol. The highest BCUT2D eigenvalue weighted by Gasteiger charge is 2.14. The number of benzene rings is 4. The Labute approximate surface area is 236 Å². The summed E-state index contributed by atoms with van der Waals surface area (Å²) in [6, 6.07) is 30.5. The minimum atomic E-state index is -0.443. The third-order valence-corrected chi connectivity index (χ3v) is 6.19. The molecule has 0 radical (unpaired) electrons. The van der Waals surface area contributed by atoms with E-state index in [-0.39, 0.29) is 18.2 Å². The van der Waals surface area contributed by atoms with Crippen molar-refractivity contribution in [2.24, 2.45) is 5.10 Å². The molecule has 0 aliphatic heterocycles. The third kappa shape index (κ3) is 6.54. The van der Waals surface area contributed by atoms with Crippen LogP contribution in [0.25, 0.3) is 22.2 Å². The molecule has 9 heteroatoms. The highest BCUT2D eigenvalue weighted by atomic mass is 16.6. The van der Waals surface area contributed by atoms with Crippen LogP contribution >= 0.6 is 0 Å². The van der Waals surface area contributed by atoms with Crippen LogP contribution in [0, 0.1) is 10.1 Å². The molecule has 9 nitrogen and oxygen atoms in total. The standard InChI is InChI=1S/C32H26N4O5/c1-2-40-31-18-22(15-16-30(31)41-21-23-9-8-12-25(17-23)36(38)39)20-33-35-32(37)27-19-29(24-10-4-3-5-11-24)34-28-14-7-6-13-26(27)28/h3-20H,2,21H2,1H3,(H,35,37)/b33-20+. The molecule has 0 spiro atoms. The second-order valence-electron chi connectivity index (χ2n) is 8.99. The predicted octanol–water partition coefficient (Wildman–Crippen LogP) is 6.55. The fraction of sp³-hybridized carbons (Fsp3) is 0.0938. The summed E-state index contributed by atoms with van der Waals surface area (Å²) in [5.74, 6) is 0.607. The lowest BCUT2D eigenvalue weighted by Gasteiger charge is -2.12. The SMILES string of the molecule is CCOc1cc(/C=N/NC(=O)c2cc(-c3ccccc3)nc3ccccc23)ccc1OCc1cccc([N+](=O)[O-])c1. The summed E-state index contributed by atoms with van der Waals surface area (Å²) < 4.78 is 11.6. The summed E-state index contributed by atoms with van der Waals surface area (Å²) in [5, 5.41) is 15.9. The Balaban J connectivity index is 1.32. The summed E-state index contributed by atoms with van der Waals surface area (Å²) in [7, 11) is 0. The topological polar surface area (TPSA) is 116 Å². The number of carbonyl (C=O) groups excluding carboxylic acids is 1. The molecule has 41 heavy (non-hydrogen) atoms. The summed E-state index contributed by atoms with van der Waals surface area (Å²) >= 11 is 0. The van der Waals surface area contributed by atoms with E-state index in [2.05, 4.69) is 10.5 Å². The predicted molar refractivity (Wildman–Crippen MR) is 157 cm³/mol. The summed E-state index contributed by atoms with van der Waals surface area (Å²) in [6.07, 6.45) is 1.52. The minimum Gasteiger partial charge on any atom is -0.490 e. The maximum Gasteiger partial charge on any atom is 0.272 e. The normalized spacial score (nSPS) is 11.0. The zero-order chi connectivity index (χ0) is 28.6. The maximum absolute atomic E-state index is 13.2. The lowest BCUT2D eigenvalue weighted by atomic mass is 10.0. The molecule has 1 heterocycles. The van der Waals surface area contributed by atoms with Gasteiger partial charge in [-0.05, 0) is 48.4 Å². The first kappa shape index (κ1) is 27.0. The zero-order valence-corrected chi connectivity index (χ0v) is 22.2. The maximum atomic E-state index is 13.2. The number of non-ortho nitro benzene ring substituents is 1. The molecule has 5 rings (SSSR count). The van der Waals surface area contributed by atoms with Gasteiger partial charge in [0.05, 0.1) is 34.5 Å². The van der Waals surface area contributed by atoms with E-state index < -0.39 is 4.92 Å². The number of hydrogen-bond donors (Lipinski definition) is 1. The number of fused-ring (bicyclic) bond motifs is 1. The van der Waals surface area contributed by atoms with Crippen molar-refractivity contribution in [2.75, 3.05) is 6.61 Å². The van der Waals surface area contributed by atoms with E-state index in [1.165, 1.54) is 18.3 Å². The first-order valence-electron chi connectivity index (χ1n) is 12.9. The second-order valence-corrected chi connectivity index (χ2v) is 8.99. The molecule has 1 amide bonds. The van der Waals surface area contributed by atoms with Gasteiger partial charge in [0.1, 0.15) is 6.61 Å². The van der Waals surface area contributed by atoms with Gasteiger partial charge in [0.25, 0.3) is 11.6 Å². The Morgan fingerprint density at radius 1 is 0.927 bits per heavy atom. The van der Waals surface area contributed by atoms with Gasteiger partial charge in [-0.1, -0.05) is 60.7 Å². The van der Waals surface area contributed by atoms with Crippen LogP contribution in [0.1, 0.15) is 28.4 Å².